The number of phenols is 1. The molecule has 1 aromatic rings. The van der Waals surface area contributed by atoms with Crippen LogP contribution in [0, 0.1) is 17.8 Å². The van der Waals surface area contributed by atoms with Crippen molar-refractivity contribution in [3.05, 3.63) is 39.7 Å². The number of phenolic OH excluding ortho intramolecular Hbond substituents is 1. The number of rotatable bonds is 5. The van der Waals surface area contributed by atoms with Crippen LogP contribution in [0.3, 0.4) is 0 Å². The number of carbonyl (C=O) groups is 4. The Kier molecular flexibility index (Phi) is 5.87. The highest BCUT2D eigenvalue weighted by Gasteiger charge is 2.50. The summed E-state index contributed by atoms with van der Waals surface area (Å²) in [6.45, 7) is 2.64. The van der Waals surface area contributed by atoms with E-state index >= 15 is 0 Å². The first-order chi connectivity index (χ1) is 15.9. The van der Waals surface area contributed by atoms with Gasteiger partial charge in [-0.3, -0.25) is 14.4 Å². The van der Waals surface area contributed by atoms with E-state index in [9.17, 15) is 34.5 Å². The maximum absolute atomic E-state index is 13.6. The molecule has 0 bridgehead atoms. The molecule has 34 heavy (non-hydrogen) atoms. The Balaban J connectivity index is 1.88. The molecule has 8 nitrogen and oxygen atoms in total. The van der Waals surface area contributed by atoms with Crippen LogP contribution in [0.4, 0.5) is 5.69 Å². The van der Waals surface area contributed by atoms with Gasteiger partial charge in [0.15, 0.2) is 17.3 Å². The Hall–Kier alpha value is -3.42. The number of aromatic hydroxyl groups is 1. The molecule has 1 saturated carbocycles. The maximum Gasteiger partial charge on any atom is 0.173 e. The third kappa shape index (κ3) is 3.61. The fraction of sp³-hybridized carbons (Fsp3) is 0.462. The lowest BCUT2D eigenvalue weighted by molar-refractivity contribution is -0.127. The largest absolute Gasteiger partial charge is 0.511 e. The highest BCUT2D eigenvalue weighted by atomic mass is 16.3. The summed E-state index contributed by atoms with van der Waals surface area (Å²) >= 11 is 0. The summed E-state index contributed by atoms with van der Waals surface area (Å²) in [5.41, 5.74) is 1.90. The third-order valence-electron chi connectivity index (χ3n) is 7.28. The first kappa shape index (κ1) is 23.7. The zero-order chi connectivity index (χ0) is 25.1. The Morgan fingerprint density at radius 1 is 1.09 bits per heavy atom. The van der Waals surface area contributed by atoms with Crippen LogP contribution < -0.4 is 4.90 Å². The van der Waals surface area contributed by atoms with Crippen molar-refractivity contribution in [3.63, 3.8) is 0 Å². The number of aliphatic hydroxyl groups excluding tert-OH is 2. The molecule has 8 heteroatoms. The predicted molar refractivity (Wildman–Crippen MR) is 125 cm³/mol. The lowest BCUT2D eigenvalue weighted by Gasteiger charge is -2.41. The summed E-state index contributed by atoms with van der Waals surface area (Å²) < 4.78 is 0. The number of ketones is 4. The zero-order valence-corrected chi connectivity index (χ0v) is 19.8. The summed E-state index contributed by atoms with van der Waals surface area (Å²) in [6, 6.07) is 1.81. The van der Waals surface area contributed by atoms with Crippen LogP contribution in [0.25, 0.3) is 5.76 Å². The molecule has 3 atom stereocenters. The summed E-state index contributed by atoms with van der Waals surface area (Å²) in [4.78, 5) is 51.4. The summed E-state index contributed by atoms with van der Waals surface area (Å²) in [5, 5.41) is 33.1. The van der Waals surface area contributed by atoms with E-state index in [1.54, 1.807) is 6.07 Å². The molecule has 0 amide bonds. The molecule has 0 aromatic heterocycles. The van der Waals surface area contributed by atoms with E-state index in [4.69, 9.17) is 0 Å². The van der Waals surface area contributed by atoms with E-state index in [2.05, 4.69) is 0 Å². The minimum Gasteiger partial charge on any atom is -0.511 e. The van der Waals surface area contributed by atoms with Crippen molar-refractivity contribution in [1.82, 2.24) is 0 Å². The highest BCUT2D eigenvalue weighted by molar-refractivity contribution is 6.22. The Labute approximate surface area is 197 Å². The van der Waals surface area contributed by atoms with Crippen LogP contribution >= 0.6 is 0 Å². The lowest BCUT2D eigenvalue weighted by Crippen LogP contribution is -2.43. The van der Waals surface area contributed by atoms with Gasteiger partial charge in [0.1, 0.15) is 23.1 Å². The Morgan fingerprint density at radius 2 is 1.76 bits per heavy atom. The number of fused-ring (bicyclic) bond motifs is 3. The van der Waals surface area contributed by atoms with Crippen molar-refractivity contribution in [2.24, 2.45) is 17.8 Å². The van der Waals surface area contributed by atoms with Crippen molar-refractivity contribution >= 4 is 34.6 Å². The van der Waals surface area contributed by atoms with E-state index in [0.717, 1.165) is 5.69 Å². The van der Waals surface area contributed by atoms with Gasteiger partial charge in [0.2, 0.25) is 0 Å². The third-order valence-corrected chi connectivity index (χ3v) is 7.28. The summed E-state index contributed by atoms with van der Waals surface area (Å²) in [7, 11) is 3.68. The topological polar surface area (TPSA) is 132 Å². The second-order valence-corrected chi connectivity index (χ2v) is 9.80. The van der Waals surface area contributed by atoms with Gasteiger partial charge in [0, 0.05) is 38.2 Å². The van der Waals surface area contributed by atoms with Crippen molar-refractivity contribution in [1.29, 1.82) is 0 Å². The SMILES string of the molecule is CC(=O)CCc1cc(N(C)C)c2c(c1O)C(O)=C1C(=O)C3C(O)=C(C(C)=O)C(=O)CC3CC1C2. The quantitative estimate of drug-likeness (QED) is 0.563. The number of aryl methyl sites for hydroxylation is 1. The molecule has 3 aliphatic carbocycles. The molecule has 0 aliphatic heterocycles. The molecule has 1 fully saturated rings. The van der Waals surface area contributed by atoms with E-state index in [1.165, 1.54) is 13.8 Å². The van der Waals surface area contributed by atoms with E-state index in [1.807, 2.05) is 19.0 Å². The molecule has 3 unspecified atom stereocenters. The second-order valence-electron chi connectivity index (χ2n) is 9.80. The normalized spacial score (nSPS) is 23.9. The van der Waals surface area contributed by atoms with Crippen molar-refractivity contribution < 1.29 is 34.5 Å². The van der Waals surface area contributed by atoms with Gasteiger partial charge in [-0.1, -0.05) is 0 Å². The van der Waals surface area contributed by atoms with Gasteiger partial charge in [-0.25, -0.2) is 0 Å². The molecular formula is C26H29NO7. The lowest BCUT2D eigenvalue weighted by atomic mass is 9.61. The monoisotopic (exact) mass is 467 g/mol. The second kappa shape index (κ2) is 8.42. The van der Waals surface area contributed by atoms with Gasteiger partial charge in [-0.2, -0.15) is 0 Å². The standard InChI is InChI=1S/C26H29NO7/c1-11(28)5-6-13-9-17(27(3)4)16-8-14-7-15-10-18(30)19(12(2)29)24(32)21(15)25(33)20(14)26(34)22(16)23(13)31/h9,14-15,21,31-32,34H,5-8,10H2,1-4H3. The predicted octanol–water partition coefficient (Wildman–Crippen LogP) is 3.00. The molecule has 1 aromatic carbocycles. The Morgan fingerprint density at radius 3 is 2.35 bits per heavy atom. The van der Waals surface area contributed by atoms with Crippen molar-refractivity contribution in [2.75, 3.05) is 19.0 Å². The molecule has 4 rings (SSSR count). The van der Waals surface area contributed by atoms with Gasteiger partial charge >= 0.3 is 0 Å². The van der Waals surface area contributed by atoms with Gasteiger partial charge in [0.25, 0.3) is 0 Å². The number of hydrogen-bond acceptors (Lipinski definition) is 8. The molecule has 0 spiro atoms. The van der Waals surface area contributed by atoms with E-state index < -0.39 is 34.9 Å². The van der Waals surface area contributed by atoms with Crippen LogP contribution in [-0.2, 0) is 32.0 Å². The van der Waals surface area contributed by atoms with Crippen LogP contribution in [0.15, 0.2) is 23.0 Å². The van der Waals surface area contributed by atoms with Gasteiger partial charge in [-0.15, -0.1) is 0 Å². The molecule has 0 heterocycles. The molecule has 180 valence electrons. The van der Waals surface area contributed by atoms with E-state index in [-0.39, 0.29) is 59.2 Å². The number of allylic oxidation sites excluding steroid dienone is 3. The minimum atomic E-state index is -1.07. The summed E-state index contributed by atoms with van der Waals surface area (Å²) in [5.74, 6) is -4.54. The number of carbonyl (C=O) groups excluding carboxylic acids is 4. The molecule has 3 N–H and O–H groups in total. The number of nitrogens with zero attached hydrogens (tertiary/aromatic N) is 1. The molecular weight excluding hydrogens is 438 g/mol. The van der Waals surface area contributed by atoms with Gasteiger partial charge < -0.3 is 25.0 Å². The van der Waals surface area contributed by atoms with Crippen molar-refractivity contribution in [3.8, 4) is 5.75 Å². The van der Waals surface area contributed by atoms with Crippen LogP contribution in [0.1, 0.15) is 49.8 Å². The number of hydrogen-bond donors (Lipinski definition) is 3. The fourth-order valence-electron chi connectivity index (χ4n) is 5.76. The summed E-state index contributed by atoms with van der Waals surface area (Å²) in [6.07, 6.45) is 1.25. The maximum atomic E-state index is 13.6. The highest BCUT2D eigenvalue weighted by Crippen LogP contribution is 2.52. The van der Waals surface area contributed by atoms with Gasteiger partial charge in [-0.05, 0) is 62.1 Å². The Bertz CT molecular complexity index is 1200. The first-order valence-corrected chi connectivity index (χ1v) is 11.4. The fourth-order valence-corrected chi connectivity index (χ4v) is 5.76. The first-order valence-electron chi connectivity index (χ1n) is 11.4. The average molecular weight is 468 g/mol. The molecule has 0 saturated heterocycles. The number of aliphatic hydroxyl groups is 2. The number of benzene rings is 1. The van der Waals surface area contributed by atoms with Crippen molar-refractivity contribution in [2.45, 2.75) is 46.0 Å². The zero-order valence-electron chi connectivity index (χ0n) is 19.8. The van der Waals surface area contributed by atoms with Crippen LogP contribution in [0.5, 0.6) is 5.75 Å². The number of Topliss-reactive ketones (excluding diaryl/α,β-unsaturated/α-hetero) is 4. The average Bonchev–Trinajstić information content (AvgIpc) is 2.71. The number of anilines is 1. The van der Waals surface area contributed by atoms with Gasteiger partial charge in [0.05, 0.1) is 17.1 Å². The van der Waals surface area contributed by atoms with Crippen LogP contribution in [-0.4, -0.2) is 52.5 Å². The minimum absolute atomic E-state index is 0.0114. The van der Waals surface area contributed by atoms with E-state index in [0.29, 0.717) is 24.0 Å². The smallest absolute Gasteiger partial charge is 0.173 e. The molecule has 3 aliphatic rings. The van der Waals surface area contributed by atoms with Crippen LogP contribution in [0.2, 0.25) is 0 Å². The molecule has 0 radical (unpaired) electrons.